The summed E-state index contributed by atoms with van der Waals surface area (Å²) in [4.78, 5) is 8.29. The molecule has 0 saturated heterocycles. The van der Waals surface area contributed by atoms with E-state index < -0.39 is 0 Å². The van der Waals surface area contributed by atoms with Gasteiger partial charge in [-0.05, 0) is 55.0 Å². The first-order valence-corrected chi connectivity index (χ1v) is 10.6. The summed E-state index contributed by atoms with van der Waals surface area (Å²) < 4.78 is 0. The maximum absolute atomic E-state index is 4.81. The lowest BCUT2D eigenvalue weighted by Crippen LogP contribution is -2.12. The molecule has 0 amide bonds. The summed E-state index contributed by atoms with van der Waals surface area (Å²) in [6, 6.07) is 20.7. The highest BCUT2D eigenvalue weighted by atomic mass is 15.2. The number of hydrogen-bond acceptors (Lipinski definition) is 5. The molecule has 5 aromatic rings. The summed E-state index contributed by atoms with van der Waals surface area (Å²) >= 11 is 0. The summed E-state index contributed by atoms with van der Waals surface area (Å²) in [7, 11) is 0. The minimum absolute atomic E-state index is 0.0551. The van der Waals surface area contributed by atoms with Gasteiger partial charge in [0.05, 0.1) is 33.6 Å². The van der Waals surface area contributed by atoms with Crippen LogP contribution in [-0.4, -0.2) is 26.7 Å². The van der Waals surface area contributed by atoms with Crippen molar-refractivity contribution >= 4 is 39.0 Å². The first kappa shape index (κ1) is 17.8. The zero-order valence-corrected chi connectivity index (χ0v) is 17.2. The normalized spacial score (nSPS) is 13.3. The van der Waals surface area contributed by atoms with E-state index >= 15 is 0 Å². The fourth-order valence-electron chi connectivity index (χ4n) is 4.15. The third-order valence-electron chi connectivity index (χ3n) is 5.73. The van der Waals surface area contributed by atoms with E-state index in [1.54, 1.807) is 0 Å². The molecule has 7 heteroatoms. The van der Waals surface area contributed by atoms with E-state index in [9.17, 15) is 0 Å². The van der Waals surface area contributed by atoms with Crippen molar-refractivity contribution < 1.29 is 0 Å². The van der Waals surface area contributed by atoms with Gasteiger partial charge in [-0.3, -0.25) is 5.10 Å². The molecule has 2 aromatic heterocycles. The van der Waals surface area contributed by atoms with Crippen LogP contribution in [0, 0.1) is 0 Å². The number of benzene rings is 3. The van der Waals surface area contributed by atoms with E-state index in [4.69, 9.17) is 4.98 Å². The molecule has 0 fully saturated rings. The Balaban J connectivity index is 1.36. The largest absolute Gasteiger partial charge is 0.385 e. The number of aromatic nitrogens is 4. The minimum Gasteiger partial charge on any atom is -0.385 e. The number of imidazole rings is 1. The predicted molar refractivity (Wildman–Crippen MR) is 126 cm³/mol. The number of hydrogen-bond donors (Lipinski definition) is 5. The van der Waals surface area contributed by atoms with Crippen LogP contribution in [0.3, 0.4) is 0 Å². The molecule has 31 heavy (non-hydrogen) atoms. The van der Waals surface area contributed by atoms with Gasteiger partial charge in [0.15, 0.2) is 0 Å². The smallest absolute Gasteiger partial charge is 0.141 e. The molecule has 0 saturated carbocycles. The zero-order valence-electron chi connectivity index (χ0n) is 17.2. The molecule has 1 aliphatic heterocycles. The summed E-state index contributed by atoms with van der Waals surface area (Å²) in [5.74, 6) is 0.854. The number of nitrogens with zero attached hydrogens (tertiary/aromatic N) is 2. The molecule has 5 N–H and O–H groups in total. The van der Waals surface area contributed by atoms with E-state index in [2.05, 4.69) is 80.5 Å². The highest BCUT2D eigenvalue weighted by molar-refractivity contribution is 5.89. The molecule has 0 bridgehead atoms. The van der Waals surface area contributed by atoms with Crippen molar-refractivity contribution in [3.05, 3.63) is 66.4 Å². The minimum atomic E-state index is -0.0551. The Labute approximate surface area is 179 Å². The van der Waals surface area contributed by atoms with Crippen molar-refractivity contribution in [1.29, 1.82) is 0 Å². The van der Waals surface area contributed by atoms with Crippen LogP contribution in [0.4, 0.5) is 17.1 Å². The van der Waals surface area contributed by atoms with Gasteiger partial charge in [0.2, 0.25) is 0 Å². The summed E-state index contributed by atoms with van der Waals surface area (Å²) in [5, 5.41) is 19.2. The van der Waals surface area contributed by atoms with Crippen LogP contribution < -0.4 is 16.0 Å². The van der Waals surface area contributed by atoms with Gasteiger partial charge >= 0.3 is 0 Å². The zero-order chi connectivity index (χ0) is 20.8. The quantitative estimate of drug-likeness (QED) is 0.266. The third-order valence-corrected chi connectivity index (χ3v) is 5.73. The number of fused-ring (bicyclic) bond motifs is 3. The average Bonchev–Trinajstić information content (AvgIpc) is 3.52. The standard InChI is InChI=1S/C24H23N7/c1-2-11-25-15-8-10-20-21(13-15)29-23(26-20)14-7-9-17-16(12-14)22(31-30-17)24-27-18-5-3-4-6-19(18)28-24/h3-10,12-13,24-25,27-28H,2,11H2,1H3,(H,26,29)(H,30,31). The number of anilines is 3. The molecule has 0 spiro atoms. The highest BCUT2D eigenvalue weighted by Crippen LogP contribution is 2.37. The van der Waals surface area contributed by atoms with Crippen LogP contribution in [0.25, 0.3) is 33.3 Å². The number of aromatic amines is 2. The molecule has 7 nitrogen and oxygen atoms in total. The molecule has 0 aliphatic carbocycles. The van der Waals surface area contributed by atoms with Gasteiger partial charge in [0, 0.05) is 23.2 Å². The Bertz CT molecular complexity index is 1370. The number of rotatable bonds is 5. The number of H-pyrrole nitrogens is 2. The fourth-order valence-corrected chi connectivity index (χ4v) is 4.15. The molecule has 3 aromatic carbocycles. The van der Waals surface area contributed by atoms with Gasteiger partial charge in [-0.25, -0.2) is 4.98 Å². The van der Waals surface area contributed by atoms with Crippen LogP contribution in [0.5, 0.6) is 0 Å². The topological polar surface area (TPSA) is 93.4 Å². The van der Waals surface area contributed by atoms with Gasteiger partial charge in [-0.15, -0.1) is 0 Å². The second-order valence-electron chi connectivity index (χ2n) is 7.88. The number of para-hydroxylation sites is 2. The van der Waals surface area contributed by atoms with E-state index in [0.717, 1.165) is 69.0 Å². The van der Waals surface area contributed by atoms with E-state index in [0.29, 0.717) is 0 Å². The van der Waals surface area contributed by atoms with Crippen LogP contribution in [0.2, 0.25) is 0 Å². The maximum atomic E-state index is 4.81. The van der Waals surface area contributed by atoms with Gasteiger partial charge < -0.3 is 20.9 Å². The maximum Gasteiger partial charge on any atom is 0.141 e. The summed E-state index contributed by atoms with van der Waals surface area (Å²) in [6.45, 7) is 3.12. The molecule has 0 atom stereocenters. The molecule has 154 valence electrons. The van der Waals surface area contributed by atoms with Crippen LogP contribution in [0.1, 0.15) is 25.2 Å². The van der Waals surface area contributed by atoms with E-state index in [1.165, 1.54) is 0 Å². The Morgan fingerprint density at radius 1 is 0.935 bits per heavy atom. The molecule has 3 heterocycles. The van der Waals surface area contributed by atoms with Crippen molar-refractivity contribution in [2.75, 3.05) is 22.5 Å². The van der Waals surface area contributed by atoms with Gasteiger partial charge in [-0.2, -0.15) is 5.10 Å². The lowest BCUT2D eigenvalue weighted by atomic mass is 10.1. The average molecular weight is 409 g/mol. The monoisotopic (exact) mass is 409 g/mol. The SMILES string of the molecule is CCCNc1ccc2nc(-c3ccc4n[nH]c(C5Nc6ccccc6N5)c4c3)[nH]c2c1. The van der Waals surface area contributed by atoms with Crippen LogP contribution in [-0.2, 0) is 0 Å². The van der Waals surface area contributed by atoms with Crippen molar-refractivity contribution in [3.8, 4) is 11.4 Å². The summed E-state index contributed by atoms with van der Waals surface area (Å²) in [5.41, 5.74) is 8.25. The van der Waals surface area contributed by atoms with Crippen molar-refractivity contribution in [2.24, 2.45) is 0 Å². The number of nitrogens with one attached hydrogen (secondary N) is 5. The lowest BCUT2D eigenvalue weighted by molar-refractivity contribution is 0.874. The lowest BCUT2D eigenvalue weighted by Gasteiger charge is -2.11. The third kappa shape index (κ3) is 3.06. The van der Waals surface area contributed by atoms with Gasteiger partial charge in [-0.1, -0.05) is 19.1 Å². The second kappa shape index (κ2) is 7.05. The van der Waals surface area contributed by atoms with Crippen molar-refractivity contribution in [3.63, 3.8) is 0 Å². The Morgan fingerprint density at radius 3 is 2.55 bits per heavy atom. The molecule has 6 rings (SSSR count). The van der Waals surface area contributed by atoms with Crippen LogP contribution in [0.15, 0.2) is 60.7 Å². The second-order valence-corrected chi connectivity index (χ2v) is 7.88. The van der Waals surface area contributed by atoms with E-state index in [1.807, 2.05) is 18.2 Å². The first-order chi connectivity index (χ1) is 15.3. The molecule has 0 radical (unpaired) electrons. The highest BCUT2D eigenvalue weighted by Gasteiger charge is 2.24. The molecular weight excluding hydrogens is 386 g/mol. The molecular formula is C24H23N7. The molecule has 0 unspecified atom stereocenters. The Hall–Kier alpha value is -4.00. The first-order valence-electron chi connectivity index (χ1n) is 10.6. The van der Waals surface area contributed by atoms with Crippen molar-refractivity contribution in [1.82, 2.24) is 20.2 Å². The summed E-state index contributed by atoms with van der Waals surface area (Å²) in [6.07, 6.45) is 1.04. The Morgan fingerprint density at radius 2 is 1.74 bits per heavy atom. The molecule has 1 aliphatic rings. The Kier molecular flexibility index (Phi) is 4.06. The fraction of sp³-hybridized carbons (Fsp3) is 0.167. The van der Waals surface area contributed by atoms with Crippen LogP contribution >= 0.6 is 0 Å². The predicted octanol–water partition coefficient (Wildman–Crippen LogP) is 5.46. The van der Waals surface area contributed by atoms with E-state index in [-0.39, 0.29) is 6.17 Å². The van der Waals surface area contributed by atoms with Gasteiger partial charge in [0.1, 0.15) is 12.0 Å². The van der Waals surface area contributed by atoms with Crippen molar-refractivity contribution in [2.45, 2.75) is 19.5 Å². The van der Waals surface area contributed by atoms with Gasteiger partial charge in [0.25, 0.3) is 0 Å².